The number of halogens is 1. The Kier molecular flexibility index (Phi) is 3.87. The van der Waals surface area contributed by atoms with Crippen LogP contribution in [0.2, 0.25) is 0 Å². The van der Waals surface area contributed by atoms with Gasteiger partial charge < -0.3 is 10.6 Å². The first-order valence-electron chi connectivity index (χ1n) is 7.95. The maximum absolute atomic E-state index is 12.4. The molecule has 0 bridgehead atoms. The number of thiophene rings is 1. The molecular formula is C19H13BrN4OS. The van der Waals surface area contributed by atoms with Crippen molar-refractivity contribution in [3.05, 3.63) is 62.4 Å². The standard InChI is InChI=1S/C19H13BrN4OS/c20-14-6-5-13(26-14)15-16(18(23)25)24-8-7-11-3-1-2-4-12(11)17(24)19(15,9-21)10-22/h1-8,15-17H,(H2,23,25)/t15?,16-,17+/m1/s1. The monoisotopic (exact) mass is 424 g/mol. The second-order valence-corrected chi connectivity index (χ2v) is 8.85. The number of rotatable bonds is 2. The van der Waals surface area contributed by atoms with Gasteiger partial charge in [-0.1, -0.05) is 24.3 Å². The average molecular weight is 425 g/mol. The molecule has 0 aliphatic carbocycles. The minimum Gasteiger partial charge on any atom is -0.368 e. The predicted molar refractivity (Wildman–Crippen MR) is 101 cm³/mol. The summed E-state index contributed by atoms with van der Waals surface area (Å²) >= 11 is 4.85. The number of hydrogen-bond acceptors (Lipinski definition) is 5. The van der Waals surface area contributed by atoms with Crippen LogP contribution in [0.5, 0.6) is 0 Å². The van der Waals surface area contributed by atoms with E-state index in [9.17, 15) is 15.3 Å². The van der Waals surface area contributed by atoms with Crippen LogP contribution in [0.3, 0.4) is 0 Å². The zero-order valence-corrected chi connectivity index (χ0v) is 15.9. The van der Waals surface area contributed by atoms with E-state index in [-0.39, 0.29) is 0 Å². The topological polar surface area (TPSA) is 93.9 Å². The zero-order valence-electron chi connectivity index (χ0n) is 13.5. The van der Waals surface area contributed by atoms with Crippen LogP contribution in [0.4, 0.5) is 0 Å². The summed E-state index contributed by atoms with van der Waals surface area (Å²) in [4.78, 5) is 15.0. The van der Waals surface area contributed by atoms with Crippen molar-refractivity contribution in [3.63, 3.8) is 0 Å². The van der Waals surface area contributed by atoms with Gasteiger partial charge in [0.1, 0.15) is 6.04 Å². The molecule has 2 aliphatic rings. The summed E-state index contributed by atoms with van der Waals surface area (Å²) in [7, 11) is 0. The molecule has 2 aliphatic heterocycles. The lowest BCUT2D eigenvalue weighted by molar-refractivity contribution is -0.122. The molecule has 2 N–H and O–H groups in total. The molecule has 0 radical (unpaired) electrons. The molecule has 1 fully saturated rings. The number of carbonyl (C=O) groups excluding carboxylic acids is 1. The Balaban J connectivity index is 2.01. The van der Waals surface area contributed by atoms with Crippen molar-refractivity contribution in [1.29, 1.82) is 10.5 Å². The van der Waals surface area contributed by atoms with Gasteiger partial charge in [0, 0.05) is 11.1 Å². The van der Waals surface area contributed by atoms with Crippen LogP contribution in [0.25, 0.3) is 6.08 Å². The van der Waals surface area contributed by atoms with E-state index in [0.29, 0.717) is 0 Å². The van der Waals surface area contributed by atoms with Gasteiger partial charge in [-0.2, -0.15) is 10.5 Å². The molecule has 5 nitrogen and oxygen atoms in total. The number of nitriles is 2. The van der Waals surface area contributed by atoms with Crippen LogP contribution in [0.15, 0.2) is 46.4 Å². The van der Waals surface area contributed by atoms with Crippen molar-refractivity contribution in [2.45, 2.75) is 18.0 Å². The van der Waals surface area contributed by atoms with Crippen molar-refractivity contribution in [2.24, 2.45) is 11.1 Å². The Labute approximate surface area is 163 Å². The van der Waals surface area contributed by atoms with E-state index in [4.69, 9.17) is 5.73 Å². The maximum Gasteiger partial charge on any atom is 0.240 e. The van der Waals surface area contributed by atoms with Crippen LogP contribution < -0.4 is 5.73 Å². The highest BCUT2D eigenvalue weighted by Crippen LogP contribution is 2.60. The summed E-state index contributed by atoms with van der Waals surface area (Å²) in [5, 5.41) is 20.3. The number of carbonyl (C=O) groups is 1. The van der Waals surface area contributed by atoms with Crippen molar-refractivity contribution in [3.8, 4) is 12.1 Å². The van der Waals surface area contributed by atoms with Crippen LogP contribution in [-0.4, -0.2) is 16.8 Å². The van der Waals surface area contributed by atoms with Gasteiger partial charge in [0.25, 0.3) is 0 Å². The summed E-state index contributed by atoms with van der Waals surface area (Å²) in [5.41, 5.74) is 6.13. The summed E-state index contributed by atoms with van der Waals surface area (Å²) in [6.45, 7) is 0. The number of amides is 1. The van der Waals surface area contributed by atoms with Crippen molar-refractivity contribution in [1.82, 2.24) is 4.90 Å². The van der Waals surface area contributed by atoms with Crippen LogP contribution in [-0.2, 0) is 4.79 Å². The summed E-state index contributed by atoms with van der Waals surface area (Å²) in [6.07, 6.45) is 3.68. The Morgan fingerprint density at radius 3 is 2.58 bits per heavy atom. The van der Waals surface area contributed by atoms with E-state index in [1.54, 1.807) is 11.1 Å². The fourth-order valence-corrected chi connectivity index (χ4v) is 5.75. The molecule has 26 heavy (non-hydrogen) atoms. The zero-order chi connectivity index (χ0) is 18.5. The number of nitrogens with zero attached hydrogens (tertiary/aromatic N) is 3. The van der Waals surface area contributed by atoms with Crippen LogP contribution in [0, 0.1) is 28.1 Å². The van der Waals surface area contributed by atoms with E-state index in [1.165, 1.54) is 11.3 Å². The third-order valence-corrected chi connectivity index (χ3v) is 6.84. The lowest BCUT2D eigenvalue weighted by Crippen LogP contribution is -2.41. The number of benzene rings is 1. The van der Waals surface area contributed by atoms with E-state index >= 15 is 0 Å². The van der Waals surface area contributed by atoms with E-state index < -0.39 is 29.3 Å². The van der Waals surface area contributed by atoms with Crippen molar-refractivity contribution < 1.29 is 4.79 Å². The summed E-state index contributed by atoms with van der Waals surface area (Å²) in [6, 6.07) is 14.5. The van der Waals surface area contributed by atoms with Crippen molar-refractivity contribution >= 4 is 39.2 Å². The Morgan fingerprint density at radius 2 is 1.96 bits per heavy atom. The molecule has 7 heteroatoms. The first-order chi connectivity index (χ1) is 12.5. The molecule has 0 spiro atoms. The highest BCUT2D eigenvalue weighted by molar-refractivity contribution is 9.11. The number of hydrogen-bond donors (Lipinski definition) is 1. The molecule has 1 aromatic carbocycles. The molecular weight excluding hydrogens is 412 g/mol. The SMILES string of the molecule is N#CC1(C#N)C(c2ccc(Br)s2)[C@H](C(N)=O)N2C=Cc3ccccc3[C@H]21. The largest absolute Gasteiger partial charge is 0.368 e. The quantitative estimate of drug-likeness (QED) is 0.797. The summed E-state index contributed by atoms with van der Waals surface area (Å²) in [5.74, 6) is -1.17. The van der Waals surface area contributed by atoms with Gasteiger partial charge in [0.15, 0.2) is 5.41 Å². The Hall–Kier alpha value is -2.61. The third kappa shape index (κ3) is 2.14. The minimum atomic E-state index is -1.43. The average Bonchev–Trinajstić information content (AvgIpc) is 3.20. The molecule has 1 amide bonds. The Bertz CT molecular complexity index is 1000. The first-order valence-corrected chi connectivity index (χ1v) is 9.56. The lowest BCUT2D eigenvalue weighted by atomic mass is 9.70. The first kappa shape index (κ1) is 16.8. The van der Waals surface area contributed by atoms with E-state index in [1.807, 2.05) is 42.5 Å². The van der Waals surface area contributed by atoms with E-state index in [0.717, 1.165) is 19.8 Å². The van der Waals surface area contributed by atoms with Gasteiger partial charge in [-0.3, -0.25) is 4.79 Å². The molecule has 1 saturated heterocycles. The molecule has 1 unspecified atom stereocenters. The summed E-state index contributed by atoms with van der Waals surface area (Å²) < 4.78 is 0.876. The number of fused-ring (bicyclic) bond motifs is 3. The second-order valence-electron chi connectivity index (χ2n) is 6.35. The minimum absolute atomic E-state index is 0.541. The fourth-order valence-electron chi connectivity index (χ4n) is 4.12. The van der Waals surface area contributed by atoms with Gasteiger partial charge in [0.2, 0.25) is 5.91 Å². The van der Waals surface area contributed by atoms with Crippen LogP contribution >= 0.6 is 27.3 Å². The molecule has 2 aromatic rings. The fraction of sp³-hybridized carbons (Fsp3) is 0.211. The molecule has 3 atom stereocenters. The smallest absolute Gasteiger partial charge is 0.240 e. The molecule has 3 heterocycles. The lowest BCUT2D eigenvalue weighted by Gasteiger charge is -2.34. The highest BCUT2D eigenvalue weighted by Gasteiger charge is 2.64. The maximum atomic E-state index is 12.4. The molecule has 0 saturated carbocycles. The normalized spacial score (nSPS) is 25.0. The van der Waals surface area contributed by atoms with Gasteiger partial charge in [-0.15, -0.1) is 11.3 Å². The van der Waals surface area contributed by atoms with Gasteiger partial charge >= 0.3 is 0 Å². The second kappa shape index (κ2) is 5.98. The van der Waals surface area contributed by atoms with Crippen LogP contribution in [0.1, 0.15) is 28.0 Å². The van der Waals surface area contributed by atoms with Gasteiger partial charge in [-0.25, -0.2) is 0 Å². The number of primary amides is 1. The van der Waals surface area contributed by atoms with E-state index in [2.05, 4.69) is 28.1 Å². The predicted octanol–water partition coefficient (Wildman–Crippen LogP) is 3.52. The molecule has 128 valence electrons. The molecule has 1 aromatic heterocycles. The van der Waals surface area contributed by atoms with Gasteiger partial charge in [0.05, 0.1) is 27.9 Å². The van der Waals surface area contributed by atoms with Gasteiger partial charge in [-0.05, 0) is 45.3 Å². The Morgan fingerprint density at radius 1 is 1.23 bits per heavy atom. The molecule has 4 rings (SSSR count). The third-order valence-electron chi connectivity index (χ3n) is 5.14. The van der Waals surface area contributed by atoms with Crippen molar-refractivity contribution in [2.75, 3.05) is 0 Å². The number of nitrogens with two attached hydrogens (primary N) is 1. The highest BCUT2D eigenvalue weighted by atomic mass is 79.9.